The predicted molar refractivity (Wildman–Crippen MR) is 73.0 cm³/mol. The van der Waals surface area contributed by atoms with Gasteiger partial charge in [0.05, 0.1) is 17.4 Å². The summed E-state index contributed by atoms with van der Waals surface area (Å²) in [7, 11) is 0. The number of nitrogens with one attached hydrogen (secondary N) is 1. The van der Waals surface area contributed by atoms with Crippen molar-refractivity contribution in [2.45, 2.75) is 6.92 Å². The highest BCUT2D eigenvalue weighted by atomic mass is 19.1. The molecule has 2 aromatic carbocycles. The van der Waals surface area contributed by atoms with E-state index in [0.717, 1.165) is 5.56 Å². The van der Waals surface area contributed by atoms with Gasteiger partial charge in [-0.1, -0.05) is 24.3 Å². The molecule has 0 radical (unpaired) electrons. The number of carboxylic acid groups (broad SMARTS) is 1. The zero-order valence-electron chi connectivity index (χ0n) is 10.8. The largest absolute Gasteiger partial charge is 0.545 e. The number of carboxylic acids is 1. The zero-order chi connectivity index (χ0) is 14.5. The van der Waals surface area contributed by atoms with Gasteiger partial charge >= 0.3 is 0 Å². The molecular formula is C15H12FN2O2-. The van der Waals surface area contributed by atoms with E-state index in [1.807, 2.05) is 0 Å². The molecule has 4 nitrogen and oxygen atoms in total. The van der Waals surface area contributed by atoms with E-state index in [1.165, 1.54) is 24.3 Å². The van der Waals surface area contributed by atoms with E-state index in [0.29, 0.717) is 11.4 Å². The van der Waals surface area contributed by atoms with Gasteiger partial charge in [-0.2, -0.15) is 5.10 Å². The first kappa shape index (κ1) is 13.7. The van der Waals surface area contributed by atoms with E-state index < -0.39 is 5.97 Å². The Morgan fingerprint density at radius 3 is 2.15 bits per heavy atom. The van der Waals surface area contributed by atoms with Crippen LogP contribution in [0.4, 0.5) is 10.1 Å². The summed E-state index contributed by atoms with van der Waals surface area (Å²) < 4.78 is 12.8. The SMILES string of the molecule is C/C(=N\Nc1ccc(C(=O)[O-])cc1)c1ccc(F)cc1. The van der Waals surface area contributed by atoms with E-state index in [-0.39, 0.29) is 11.4 Å². The van der Waals surface area contributed by atoms with Crippen LogP contribution in [0.3, 0.4) is 0 Å². The van der Waals surface area contributed by atoms with Gasteiger partial charge in [-0.05, 0) is 42.3 Å². The predicted octanol–water partition coefficient (Wildman–Crippen LogP) is 2.03. The molecule has 0 amide bonds. The van der Waals surface area contributed by atoms with E-state index in [1.54, 1.807) is 31.2 Å². The molecule has 2 aromatic rings. The first-order valence-corrected chi connectivity index (χ1v) is 5.94. The van der Waals surface area contributed by atoms with Crippen molar-refractivity contribution >= 4 is 17.4 Å². The van der Waals surface area contributed by atoms with Crippen LogP contribution in [0.15, 0.2) is 53.6 Å². The number of benzene rings is 2. The lowest BCUT2D eigenvalue weighted by molar-refractivity contribution is -0.255. The van der Waals surface area contributed by atoms with Crippen LogP contribution in [-0.2, 0) is 0 Å². The summed E-state index contributed by atoms with van der Waals surface area (Å²) in [6.45, 7) is 1.79. The van der Waals surface area contributed by atoms with Crippen molar-refractivity contribution in [3.8, 4) is 0 Å². The maximum absolute atomic E-state index is 12.8. The van der Waals surface area contributed by atoms with Crippen LogP contribution in [0, 0.1) is 5.82 Å². The number of hydrogen-bond donors (Lipinski definition) is 1. The molecule has 0 saturated carbocycles. The van der Waals surface area contributed by atoms with Gasteiger partial charge in [0.15, 0.2) is 0 Å². The third-order valence-corrected chi connectivity index (χ3v) is 2.74. The molecule has 0 fully saturated rings. The minimum absolute atomic E-state index is 0.106. The number of rotatable bonds is 4. The summed E-state index contributed by atoms with van der Waals surface area (Å²) in [4.78, 5) is 10.6. The minimum atomic E-state index is -1.22. The molecule has 1 N–H and O–H groups in total. The summed E-state index contributed by atoms with van der Waals surface area (Å²) in [6.07, 6.45) is 0. The van der Waals surface area contributed by atoms with Gasteiger partial charge in [-0.15, -0.1) is 0 Å². The Labute approximate surface area is 115 Å². The van der Waals surface area contributed by atoms with Crippen LogP contribution in [0.1, 0.15) is 22.8 Å². The summed E-state index contributed by atoms with van der Waals surface area (Å²) in [5, 5.41) is 14.8. The molecule has 0 aliphatic carbocycles. The highest BCUT2D eigenvalue weighted by Crippen LogP contribution is 2.10. The van der Waals surface area contributed by atoms with Gasteiger partial charge in [0, 0.05) is 0 Å². The van der Waals surface area contributed by atoms with E-state index in [4.69, 9.17) is 0 Å². The van der Waals surface area contributed by atoms with Crippen LogP contribution in [0.2, 0.25) is 0 Å². The zero-order valence-corrected chi connectivity index (χ0v) is 10.8. The number of hydrazone groups is 1. The Morgan fingerprint density at radius 2 is 1.60 bits per heavy atom. The molecule has 0 heterocycles. The van der Waals surface area contributed by atoms with Crippen molar-refractivity contribution in [1.82, 2.24) is 0 Å². The number of aromatic carboxylic acids is 1. The van der Waals surface area contributed by atoms with Crippen LogP contribution in [0.25, 0.3) is 0 Å². The lowest BCUT2D eigenvalue weighted by Crippen LogP contribution is -2.21. The number of nitrogens with zero attached hydrogens (tertiary/aromatic N) is 1. The third kappa shape index (κ3) is 3.41. The Bertz CT molecular complexity index is 634. The van der Waals surface area contributed by atoms with E-state index in [9.17, 15) is 14.3 Å². The summed E-state index contributed by atoms with van der Waals surface area (Å²) in [6, 6.07) is 12.0. The topological polar surface area (TPSA) is 64.5 Å². The second kappa shape index (κ2) is 5.97. The first-order valence-electron chi connectivity index (χ1n) is 5.94. The van der Waals surface area contributed by atoms with Crippen LogP contribution in [0.5, 0.6) is 0 Å². The molecule has 0 saturated heterocycles. The van der Waals surface area contributed by atoms with Crippen LogP contribution in [-0.4, -0.2) is 11.7 Å². The fourth-order valence-corrected chi connectivity index (χ4v) is 1.58. The maximum Gasteiger partial charge on any atom is 0.123 e. The van der Waals surface area contributed by atoms with Gasteiger partial charge in [0.1, 0.15) is 5.82 Å². The normalized spacial score (nSPS) is 11.2. The number of anilines is 1. The molecule has 0 aromatic heterocycles. The van der Waals surface area contributed by atoms with Crippen LogP contribution >= 0.6 is 0 Å². The second-order valence-corrected chi connectivity index (χ2v) is 4.18. The smallest absolute Gasteiger partial charge is 0.123 e. The number of hydrogen-bond acceptors (Lipinski definition) is 4. The number of halogens is 1. The Morgan fingerprint density at radius 1 is 1.05 bits per heavy atom. The van der Waals surface area contributed by atoms with Gasteiger partial charge in [-0.3, -0.25) is 5.43 Å². The van der Waals surface area contributed by atoms with Crippen molar-refractivity contribution < 1.29 is 14.3 Å². The highest BCUT2D eigenvalue weighted by Gasteiger charge is 1.98. The maximum atomic E-state index is 12.8. The summed E-state index contributed by atoms with van der Waals surface area (Å²) in [5.74, 6) is -1.52. The number of carbonyl (C=O) groups excluding carboxylic acids is 1. The first-order chi connectivity index (χ1) is 9.56. The Kier molecular flexibility index (Phi) is 4.10. The van der Waals surface area contributed by atoms with E-state index >= 15 is 0 Å². The highest BCUT2D eigenvalue weighted by molar-refractivity contribution is 5.99. The quantitative estimate of drug-likeness (QED) is 0.683. The lowest BCUT2D eigenvalue weighted by atomic mass is 10.1. The van der Waals surface area contributed by atoms with E-state index in [2.05, 4.69) is 10.5 Å². The lowest BCUT2D eigenvalue weighted by Gasteiger charge is -2.06. The molecule has 102 valence electrons. The van der Waals surface area contributed by atoms with Gasteiger partial charge in [0.25, 0.3) is 0 Å². The molecule has 20 heavy (non-hydrogen) atoms. The molecule has 5 heteroatoms. The fourth-order valence-electron chi connectivity index (χ4n) is 1.58. The Balaban J connectivity index is 2.08. The van der Waals surface area contributed by atoms with Crippen LogP contribution < -0.4 is 10.5 Å². The Hall–Kier alpha value is -2.69. The molecule has 0 unspecified atom stereocenters. The van der Waals surface area contributed by atoms with Crippen molar-refractivity contribution in [2.24, 2.45) is 5.10 Å². The molecule has 0 aliphatic rings. The standard InChI is InChI=1S/C15H13FN2O2/c1-10(11-2-6-13(16)7-3-11)17-18-14-8-4-12(5-9-14)15(19)20/h2-9,18H,1H3,(H,19,20)/p-1/b17-10+. The molecule has 0 bridgehead atoms. The third-order valence-electron chi connectivity index (χ3n) is 2.74. The summed E-state index contributed by atoms with van der Waals surface area (Å²) >= 11 is 0. The van der Waals surface area contributed by atoms with Gasteiger partial charge in [0.2, 0.25) is 0 Å². The summed E-state index contributed by atoms with van der Waals surface area (Å²) in [5.41, 5.74) is 5.05. The molecule has 0 spiro atoms. The molecule has 0 aliphatic heterocycles. The minimum Gasteiger partial charge on any atom is -0.545 e. The molecule has 2 rings (SSSR count). The number of carbonyl (C=O) groups is 1. The van der Waals surface area contributed by atoms with Gasteiger partial charge in [-0.25, -0.2) is 4.39 Å². The molecule has 0 atom stereocenters. The second-order valence-electron chi connectivity index (χ2n) is 4.18. The average Bonchev–Trinajstić information content (AvgIpc) is 2.46. The van der Waals surface area contributed by atoms with Crippen molar-refractivity contribution in [3.63, 3.8) is 0 Å². The van der Waals surface area contributed by atoms with Crippen molar-refractivity contribution in [2.75, 3.05) is 5.43 Å². The van der Waals surface area contributed by atoms with Crippen molar-refractivity contribution in [3.05, 3.63) is 65.5 Å². The monoisotopic (exact) mass is 271 g/mol. The fraction of sp³-hybridized carbons (Fsp3) is 0.0667. The van der Waals surface area contributed by atoms with Gasteiger partial charge < -0.3 is 9.90 Å². The molecular weight excluding hydrogens is 259 g/mol. The van der Waals surface area contributed by atoms with Crippen molar-refractivity contribution in [1.29, 1.82) is 0 Å². The average molecular weight is 271 g/mol.